The predicted molar refractivity (Wildman–Crippen MR) is 115 cm³/mol. The van der Waals surface area contributed by atoms with Crippen LogP contribution < -0.4 is 4.90 Å². The molecule has 2 amide bonds. The van der Waals surface area contributed by atoms with E-state index in [0.717, 1.165) is 30.5 Å². The van der Waals surface area contributed by atoms with Gasteiger partial charge in [-0.2, -0.15) is 0 Å². The van der Waals surface area contributed by atoms with Gasteiger partial charge in [-0.25, -0.2) is 0 Å². The predicted octanol–water partition coefficient (Wildman–Crippen LogP) is 3.66. The molecule has 29 heavy (non-hydrogen) atoms. The maximum absolute atomic E-state index is 13.5. The number of hydrogen-bond acceptors (Lipinski definition) is 4. The first-order valence-corrected chi connectivity index (χ1v) is 11.3. The Morgan fingerprint density at radius 2 is 1.97 bits per heavy atom. The van der Waals surface area contributed by atoms with E-state index < -0.39 is 0 Å². The molecule has 0 spiro atoms. The lowest BCUT2D eigenvalue weighted by molar-refractivity contribution is -0.139. The highest BCUT2D eigenvalue weighted by Gasteiger charge is 2.39. The molecule has 5 nitrogen and oxygen atoms in total. The maximum Gasteiger partial charge on any atom is 0.228 e. The van der Waals surface area contributed by atoms with Gasteiger partial charge < -0.3 is 14.5 Å². The molecule has 6 heteroatoms. The maximum atomic E-state index is 13.5. The topological polar surface area (TPSA) is 49.9 Å². The van der Waals surface area contributed by atoms with Crippen LogP contribution in [0.15, 0.2) is 41.8 Å². The van der Waals surface area contributed by atoms with Gasteiger partial charge in [0.15, 0.2) is 0 Å². The third kappa shape index (κ3) is 4.70. The number of amides is 2. The van der Waals surface area contributed by atoms with Gasteiger partial charge in [-0.05, 0) is 49.8 Å². The van der Waals surface area contributed by atoms with Gasteiger partial charge in [0.1, 0.15) is 0 Å². The Labute approximate surface area is 176 Å². The monoisotopic (exact) mass is 412 g/mol. The second kappa shape index (κ2) is 9.09. The minimum absolute atomic E-state index is 0.0392. The van der Waals surface area contributed by atoms with Crippen LogP contribution in [-0.4, -0.2) is 49.1 Å². The quantitative estimate of drug-likeness (QED) is 0.728. The molecule has 2 aromatic rings. The lowest BCUT2D eigenvalue weighted by Gasteiger charge is -2.36. The molecule has 154 valence electrons. The van der Waals surface area contributed by atoms with Gasteiger partial charge in [0.2, 0.25) is 11.8 Å². The third-order valence-corrected chi connectivity index (χ3v) is 6.85. The van der Waals surface area contributed by atoms with Crippen LogP contribution in [0.4, 0.5) is 5.69 Å². The summed E-state index contributed by atoms with van der Waals surface area (Å²) in [7, 11) is 0. The van der Waals surface area contributed by atoms with Crippen molar-refractivity contribution in [3.8, 4) is 0 Å². The van der Waals surface area contributed by atoms with E-state index in [1.165, 1.54) is 4.88 Å². The summed E-state index contributed by atoms with van der Waals surface area (Å²) in [5, 5.41) is 2.07. The average molecular weight is 413 g/mol. The molecule has 2 fully saturated rings. The number of hydrogen-bond donors (Lipinski definition) is 0. The minimum Gasteiger partial charge on any atom is -0.381 e. The molecular formula is C23H28N2O3S. The first kappa shape index (κ1) is 20.1. The van der Waals surface area contributed by atoms with E-state index in [1.54, 1.807) is 16.2 Å². The molecule has 1 aromatic heterocycles. The first-order valence-electron chi connectivity index (χ1n) is 10.4. The van der Waals surface area contributed by atoms with Crippen molar-refractivity contribution in [1.29, 1.82) is 0 Å². The van der Waals surface area contributed by atoms with Crippen molar-refractivity contribution >= 4 is 28.8 Å². The van der Waals surface area contributed by atoms with Crippen molar-refractivity contribution in [3.05, 3.63) is 52.2 Å². The van der Waals surface area contributed by atoms with Crippen molar-refractivity contribution < 1.29 is 14.3 Å². The molecule has 2 aliphatic rings. The highest BCUT2D eigenvalue weighted by molar-refractivity contribution is 7.09. The highest BCUT2D eigenvalue weighted by atomic mass is 32.1. The van der Waals surface area contributed by atoms with Crippen LogP contribution in [0.25, 0.3) is 0 Å². The number of carbonyl (C=O) groups is 2. The summed E-state index contributed by atoms with van der Waals surface area (Å²) >= 11 is 1.73. The van der Waals surface area contributed by atoms with E-state index in [1.807, 2.05) is 36.1 Å². The van der Waals surface area contributed by atoms with Gasteiger partial charge in [0.25, 0.3) is 0 Å². The van der Waals surface area contributed by atoms with Crippen LogP contribution in [0.5, 0.6) is 0 Å². The zero-order valence-electron chi connectivity index (χ0n) is 16.9. The Balaban J connectivity index is 1.47. The number of benzene rings is 1. The molecule has 0 N–H and O–H groups in total. The van der Waals surface area contributed by atoms with Crippen molar-refractivity contribution in [3.63, 3.8) is 0 Å². The molecular weight excluding hydrogens is 384 g/mol. The standard InChI is InChI=1S/C23H28N2O3S/c1-17-4-6-19(7-5-17)25-16-18(15-22(25)26)23(27)24(20-9-12-28-13-10-20)11-8-21-3-2-14-29-21/h2-7,14,18,20H,8-13,15-16H2,1H3. The van der Waals surface area contributed by atoms with Gasteiger partial charge in [0.05, 0.1) is 5.92 Å². The van der Waals surface area contributed by atoms with Crippen LogP contribution in [0, 0.1) is 12.8 Å². The minimum atomic E-state index is -0.269. The molecule has 2 aliphatic heterocycles. The summed E-state index contributed by atoms with van der Waals surface area (Å²) < 4.78 is 5.51. The molecule has 0 radical (unpaired) electrons. The average Bonchev–Trinajstić information content (AvgIpc) is 3.39. The first-order chi connectivity index (χ1) is 14.1. The molecule has 1 aromatic carbocycles. The number of anilines is 1. The van der Waals surface area contributed by atoms with E-state index in [4.69, 9.17) is 4.74 Å². The number of carbonyl (C=O) groups excluding carboxylic acids is 2. The van der Waals surface area contributed by atoms with Crippen molar-refractivity contribution in [2.45, 2.75) is 38.6 Å². The van der Waals surface area contributed by atoms with E-state index in [2.05, 4.69) is 17.5 Å². The largest absolute Gasteiger partial charge is 0.381 e. The van der Waals surface area contributed by atoms with Crippen molar-refractivity contribution in [2.24, 2.45) is 5.92 Å². The Morgan fingerprint density at radius 1 is 1.21 bits per heavy atom. The van der Waals surface area contributed by atoms with Gasteiger partial charge in [-0.15, -0.1) is 11.3 Å². The molecule has 0 saturated carbocycles. The summed E-state index contributed by atoms with van der Waals surface area (Å²) in [4.78, 5) is 31.2. The smallest absolute Gasteiger partial charge is 0.228 e. The Morgan fingerprint density at radius 3 is 2.66 bits per heavy atom. The summed E-state index contributed by atoms with van der Waals surface area (Å²) in [6.45, 7) is 4.61. The van der Waals surface area contributed by atoms with Crippen LogP contribution >= 0.6 is 11.3 Å². The zero-order chi connectivity index (χ0) is 20.2. The second-order valence-corrected chi connectivity index (χ2v) is 8.98. The summed E-state index contributed by atoms with van der Waals surface area (Å²) in [5.41, 5.74) is 2.04. The summed E-state index contributed by atoms with van der Waals surface area (Å²) in [6.07, 6.45) is 2.91. The number of rotatable bonds is 6. The van der Waals surface area contributed by atoms with Crippen molar-refractivity contribution in [2.75, 3.05) is 31.2 Å². The Bertz CT molecular complexity index is 828. The fraction of sp³-hybridized carbons (Fsp3) is 0.478. The van der Waals surface area contributed by atoms with Gasteiger partial charge in [0, 0.05) is 49.3 Å². The van der Waals surface area contributed by atoms with E-state index in [9.17, 15) is 9.59 Å². The molecule has 0 aliphatic carbocycles. The lowest BCUT2D eigenvalue weighted by Crippen LogP contribution is -2.47. The highest BCUT2D eigenvalue weighted by Crippen LogP contribution is 2.28. The lowest BCUT2D eigenvalue weighted by atomic mass is 10.0. The molecule has 0 bridgehead atoms. The van der Waals surface area contributed by atoms with Crippen molar-refractivity contribution in [1.82, 2.24) is 4.90 Å². The van der Waals surface area contributed by atoms with Gasteiger partial charge in [-0.3, -0.25) is 9.59 Å². The van der Waals surface area contributed by atoms with Crippen LogP contribution in [0.1, 0.15) is 29.7 Å². The van der Waals surface area contributed by atoms with Crippen LogP contribution in [0.2, 0.25) is 0 Å². The normalized spacial score (nSPS) is 20.2. The van der Waals surface area contributed by atoms with Gasteiger partial charge >= 0.3 is 0 Å². The van der Waals surface area contributed by atoms with E-state index in [0.29, 0.717) is 32.7 Å². The Kier molecular flexibility index (Phi) is 6.31. The third-order valence-electron chi connectivity index (χ3n) is 5.91. The fourth-order valence-corrected chi connectivity index (χ4v) is 4.93. The molecule has 2 saturated heterocycles. The Hall–Kier alpha value is -2.18. The molecule has 3 heterocycles. The molecule has 4 rings (SSSR count). The number of ether oxygens (including phenoxy) is 1. The van der Waals surface area contributed by atoms with E-state index in [-0.39, 0.29) is 23.8 Å². The number of thiophene rings is 1. The number of aryl methyl sites for hydroxylation is 1. The van der Waals surface area contributed by atoms with Crippen LogP contribution in [0.3, 0.4) is 0 Å². The fourth-order valence-electron chi connectivity index (χ4n) is 4.24. The second-order valence-electron chi connectivity index (χ2n) is 7.95. The van der Waals surface area contributed by atoms with E-state index >= 15 is 0 Å². The molecule has 1 unspecified atom stereocenters. The summed E-state index contributed by atoms with van der Waals surface area (Å²) in [5.74, 6) is -0.108. The zero-order valence-corrected chi connectivity index (χ0v) is 17.7. The number of nitrogens with zero attached hydrogens (tertiary/aromatic N) is 2. The summed E-state index contributed by atoms with van der Waals surface area (Å²) in [6, 6.07) is 12.3. The molecule has 1 atom stereocenters. The van der Waals surface area contributed by atoms with Gasteiger partial charge in [-0.1, -0.05) is 23.8 Å². The SMILES string of the molecule is Cc1ccc(N2CC(C(=O)N(CCc3cccs3)C3CCOCC3)CC2=O)cc1. The van der Waals surface area contributed by atoms with Crippen LogP contribution in [-0.2, 0) is 20.7 Å².